The Bertz CT molecular complexity index is 834. The van der Waals surface area contributed by atoms with Gasteiger partial charge in [-0.25, -0.2) is 0 Å². The molecule has 1 aliphatic carbocycles. The Morgan fingerprint density at radius 3 is 2.35 bits per heavy atom. The summed E-state index contributed by atoms with van der Waals surface area (Å²) in [5, 5.41) is 14.5. The van der Waals surface area contributed by atoms with Crippen LogP contribution in [0.4, 0.5) is 5.69 Å². The van der Waals surface area contributed by atoms with Gasteiger partial charge in [-0.3, -0.25) is 9.59 Å². The highest BCUT2D eigenvalue weighted by atomic mass is 16.5. The van der Waals surface area contributed by atoms with E-state index in [0.717, 1.165) is 12.8 Å². The molecule has 0 spiro atoms. The normalized spacial score (nSPS) is 14.0. The third-order valence-electron chi connectivity index (χ3n) is 3.99. The highest BCUT2D eigenvalue weighted by Crippen LogP contribution is 2.20. The first kappa shape index (κ1) is 17.5. The van der Waals surface area contributed by atoms with E-state index in [1.165, 1.54) is 0 Å². The van der Waals surface area contributed by atoms with Crippen LogP contribution in [0.2, 0.25) is 0 Å². The van der Waals surface area contributed by atoms with E-state index in [9.17, 15) is 9.59 Å². The zero-order chi connectivity index (χ0) is 18.5. The van der Waals surface area contributed by atoms with Crippen molar-refractivity contribution in [3.63, 3.8) is 0 Å². The number of hydrogen-bond acceptors (Lipinski definition) is 4. The van der Waals surface area contributed by atoms with Gasteiger partial charge in [0, 0.05) is 17.3 Å². The Balaban J connectivity index is 1.54. The first-order chi connectivity index (χ1) is 12.5. The van der Waals surface area contributed by atoms with E-state index in [2.05, 4.69) is 10.6 Å². The number of hydrogen-bond donors (Lipinski definition) is 2. The summed E-state index contributed by atoms with van der Waals surface area (Å²) in [7, 11) is 0. The predicted molar refractivity (Wildman–Crippen MR) is 96.8 cm³/mol. The van der Waals surface area contributed by atoms with Gasteiger partial charge in [0.1, 0.15) is 5.75 Å². The van der Waals surface area contributed by atoms with Crippen molar-refractivity contribution < 1.29 is 14.3 Å². The number of rotatable bonds is 6. The minimum absolute atomic E-state index is 0.0945. The molecular formula is C20H19N3O3. The van der Waals surface area contributed by atoms with E-state index in [4.69, 9.17) is 10.00 Å². The molecular weight excluding hydrogens is 330 g/mol. The number of benzene rings is 2. The number of nitrogens with zero attached hydrogens (tertiary/aromatic N) is 1. The smallest absolute Gasteiger partial charge is 0.265 e. The van der Waals surface area contributed by atoms with E-state index in [1.807, 2.05) is 6.07 Å². The second kappa shape index (κ2) is 7.70. The third-order valence-corrected chi connectivity index (χ3v) is 3.99. The van der Waals surface area contributed by atoms with Crippen molar-refractivity contribution in [1.82, 2.24) is 5.32 Å². The molecule has 0 heterocycles. The molecule has 6 nitrogen and oxygen atoms in total. The van der Waals surface area contributed by atoms with Crippen molar-refractivity contribution in [1.29, 1.82) is 5.26 Å². The van der Waals surface area contributed by atoms with Gasteiger partial charge in [-0.05, 0) is 68.3 Å². The summed E-state index contributed by atoms with van der Waals surface area (Å²) in [5.41, 5.74) is 1.69. The molecule has 0 aliphatic heterocycles. The Hall–Kier alpha value is -3.33. The maximum Gasteiger partial charge on any atom is 0.265 e. The first-order valence-electron chi connectivity index (χ1n) is 8.44. The van der Waals surface area contributed by atoms with Crippen LogP contribution in [0.25, 0.3) is 0 Å². The number of ether oxygens (including phenoxy) is 1. The first-order valence-corrected chi connectivity index (χ1v) is 8.44. The molecule has 6 heteroatoms. The molecule has 0 saturated heterocycles. The fourth-order valence-corrected chi connectivity index (χ4v) is 2.31. The molecule has 0 aromatic heterocycles. The fourth-order valence-electron chi connectivity index (χ4n) is 2.31. The van der Waals surface area contributed by atoms with Gasteiger partial charge in [-0.2, -0.15) is 5.26 Å². The molecule has 0 bridgehead atoms. The molecule has 132 valence electrons. The molecule has 0 radical (unpaired) electrons. The highest BCUT2D eigenvalue weighted by molar-refractivity contribution is 5.97. The van der Waals surface area contributed by atoms with Crippen molar-refractivity contribution in [2.45, 2.75) is 31.9 Å². The van der Waals surface area contributed by atoms with Crippen LogP contribution in [0, 0.1) is 11.3 Å². The van der Waals surface area contributed by atoms with Crippen LogP contribution in [0.1, 0.15) is 35.7 Å². The number of carbonyl (C=O) groups excluding carboxylic acids is 2. The topological polar surface area (TPSA) is 91.2 Å². The largest absolute Gasteiger partial charge is 0.481 e. The molecule has 26 heavy (non-hydrogen) atoms. The molecule has 2 aromatic carbocycles. The maximum atomic E-state index is 12.2. The van der Waals surface area contributed by atoms with Crippen LogP contribution in [0.5, 0.6) is 5.75 Å². The van der Waals surface area contributed by atoms with Gasteiger partial charge in [0.2, 0.25) is 0 Å². The average Bonchev–Trinajstić information content (AvgIpc) is 3.46. The number of carbonyl (C=O) groups is 2. The molecule has 2 aromatic rings. The summed E-state index contributed by atoms with van der Waals surface area (Å²) < 4.78 is 5.57. The van der Waals surface area contributed by atoms with Gasteiger partial charge in [0.15, 0.2) is 6.10 Å². The van der Waals surface area contributed by atoms with E-state index in [1.54, 1.807) is 55.5 Å². The standard InChI is InChI=1S/C20H19N3O3/c1-13(26-18-10-2-14(12-21)3-11-18)19(24)22-16-6-4-15(5-7-16)20(25)23-17-8-9-17/h2-7,10-11,13,17H,8-9H2,1H3,(H,22,24)(H,23,25)/t13-/m0/s1. The summed E-state index contributed by atoms with van der Waals surface area (Å²) in [6.07, 6.45) is 1.37. The molecule has 2 N–H and O–H groups in total. The van der Waals surface area contributed by atoms with Gasteiger partial charge in [0.25, 0.3) is 11.8 Å². The second-order valence-corrected chi connectivity index (χ2v) is 6.21. The number of nitrogens with one attached hydrogen (secondary N) is 2. The lowest BCUT2D eigenvalue weighted by Crippen LogP contribution is -2.30. The molecule has 2 amide bonds. The molecule has 3 rings (SSSR count). The van der Waals surface area contributed by atoms with Gasteiger partial charge in [-0.1, -0.05) is 0 Å². The minimum Gasteiger partial charge on any atom is -0.481 e. The van der Waals surface area contributed by atoms with Crippen LogP contribution in [-0.4, -0.2) is 24.0 Å². The second-order valence-electron chi connectivity index (χ2n) is 6.21. The summed E-state index contributed by atoms with van der Waals surface area (Å²) >= 11 is 0. The predicted octanol–water partition coefficient (Wildman–Crippen LogP) is 2.86. The van der Waals surface area contributed by atoms with Crippen LogP contribution in [-0.2, 0) is 4.79 Å². The monoisotopic (exact) mass is 349 g/mol. The lowest BCUT2D eigenvalue weighted by Gasteiger charge is -2.15. The molecule has 1 aliphatic rings. The van der Waals surface area contributed by atoms with E-state index in [0.29, 0.717) is 28.6 Å². The van der Waals surface area contributed by atoms with Gasteiger partial charge >= 0.3 is 0 Å². The minimum atomic E-state index is -0.708. The fraction of sp³-hybridized carbons (Fsp3) is 0.250. The Morgan fingerprint density at radius 2 is 1.77 bits per heavy atom. The van der Waals surface area contributed by atoms with Crippen molar-refractivity contribution >= 4 is 17.5 Å². The van der Waals surface area contributed by atoms with Crippen LogP contribution in [0.3, 0.4) is 0 Å². The van der Waals surface area contributed by atoms with Crippen molar-refractivity contribution in [3.8, 4) is 11.8 Å². The van der Waals surface area contributed by atoms with E-state index >= 15 is 0 Å². The number of anilines is 1. The Kier molecular flexibility index (Phi) is 5.18. The van der Waals surface area contributed by atoms with Gasteiger partial charge < -0.3 is 15.4 Å². The Labute approximate surface area is 151 Å². The lowest BCUT2D eigenvalue weighted by molar-refractivity contribution is -0.122. The van der Waals surface area contributed by atoms with Crippen molar-refractivity contribution in [2.75, 3.05) is 5.32 Å². The third kappa shape index (κ3) is 4.61. The molecule has 1 atom stereocenters. The highest BCUT2D eigenvalue weighted by Gasteiger charge is 2.23. The Morgan fingerprint density at radius 1 is 1.12 bits per heavy atom. The summed E-state index contributed by atoms with van der Waals surface area (Å²) in [4.78, 5) is 24.2. The number of nitriles is 1. The quantitative estimate of drug-likeness (QED) is 0.839. The van der Waals surface area contributed by atoms with E-state index in [-0.39, 0.29) is 11.8 Å². The van der Waals surface area contributed by atoms with Crippen LogP contribution in [0.15, 0.2) is 48.5 Å². The average molecular weight is 349 g/mol. The summed E-state index contributed by atoms with van der Waals surface area (Å²) in [5.74, 6) is 0.117. The molecule has 1 fully saturated rings. The van der Waals surface area contributed by atoms with Crippen molar-refractivity contribution in [2.24, 2.45) is 0 Å². The zero-order valence-corrected chi connectivity index (χ0v) is 14.4. The van der Waals surface area contributed by atoms with Gasteiger partial charge in [-0.15, -0.1) is 0 Å². The van der Waals surface area contributed by atoms with Crippen molar-refractivity contribution in [3.05, 3.63) is 59.7 Å². The molecule has 1 saturated carbocycles. The van der Waals surface area contributed by atoms with E-state index < -0.39 is 6.10 Å². The van der Waals surface area contributed by atoms with Crippen LogP contribution < -0.4 is 15.4 Å². The maximum absolute atomic E-state index is 12.2. The van der Waals surface area contributed by atoms with Gasteiger partial charge in [0.05, 0.1) is 11.6 Å². The molecule has 0 unspecified atom stereocenters. The SMILES string of the molecule is C[C@H](Oc1ccc(C#N)cc1)C(=O)Nc1ccc(C(=O)NC2CC2)cc1. The van der Waals surface area contributed by atoms with Crippen LogP contribution >= 0.6 is 0 Å². The lowest BCUT2D eigenvalue weighted by atomic mass is 10.2. The summed E-state index contributed by atoms with van der Waals surface area (Å²) in [6, 6.07) is 15.6. The number of amides is 2. The summed E-state index contributed by atoms with van der Waals surface area (Å²) in [6.45, 7) is 1.64. The zero-order valence-electron chi connectivity index (χ0n) is 14.4.